The SMILES string of the molecule is CCNC(CCc1cccs1)C(OCC)OCC. The summed E-state index contributed by atoms with van der Waals surface area (Å²) in [6.45, 7) is 8.44. The van der Waals surface area contributed by atoms with Crippen LogP contribution in [0.3, 0.4) is 0 Å². The van der Waals surface area contributed by atoms with Gasteiger partial charge in [-0.2, -0.15) is 0 Å². The van der Waals surface area contributed by atoms with Gasteiger partial charge in [0, 0.05) is 18.1 Å². The molecule has 4 heteroatoms. The first-order chi connectivity index (χ1) is 8.81. The Morgan fingerprint density at radius 2 is 1.94 bits per heavy atom. The molecule has 0 amide bonds. The first-order valence-corrected chi connectivity index (χ1v) is 7.68. The van der Waals surface area contributed by atoms with Crippen LogP contribution in [0.5, 0.6) is 0 Å². The van der Waals surface area contributed by atoms with E-state index in [1.165, 1.54) is 4.88 Å². The van der Waals surface area contributed by atoms with Crippen LogP contribution in [0, 0.1) is 0 Å². The number of rotatable bonds is 10. The maximum absolute atomic E-state index is 5.69. The molecule has 1 unspecified atom stereocenters. The standard InChI is InChI=1S/C14H25NO2S/c1-4-15-13(14(16-5-2)17-6-3)10-9-12-8-7-11-18-12/h7-8,11,13-15H,4-6,9-10H2,1-3H3. The van der Waals surface area contributed by atoms with E-state index in [1.54, 1.807) is 0 Å². The van der Waals surface area contributed by atoms with E-state index in [0.29, 0.717) is 13.2 Å². The molecule has 0 spiro atoms. The lowest BCUT2D eigenvalue weighted by atomic mass is 10.1. The zero-order valence-electron chi connectivity index (χ0n) is 11.6. The van der Waals surface area contributed by atoms with Gasteiger partial charge in [0.1, 0.15) is 0 Å². The summed E-state index contributed by atoms with van der Waals surface area (Å²) in [5.41, 5.74) is 0. The molecule has 18 heavy (non-hydrogen) atoms. The molecule has 0 aliphatic heterocycles. The fourth-order valence-corrected chi connectivity index (χ4v) is 2.68. The fourth-order valence-electron chi connectivity index (χ4n) is 1.96. The molecular weight excluding hydrogens is 246 g/mol. The highest BCUT2D eigenvalue weighted by Gasteiger charge is 2.21. The van der Waals surface area contributed by atoms with E-state index >= 15 is 0 Å². The van der Waals surface area contributed by atoms with Gasteiger partial charge in [0.15, 0.2) is 6.29 Å². The predicted molar refractivity (Wildman–Crippen MR) is 77.1 cm³/mol. The van der Waals surface area contributed by atoms with Crippen LogP contribution >= 0.6 is 11.3 Å². The highest BCUT2D eigenvalue weighted by Crippen LogP contribution is 2.15. The van der Waals surface area contributed by atoms with E-state index in [2.05, 4.69) is 29.8 Å². The Morgan fingerprint density at radius 3 is 2.44 bits per heavy atom. The molecule has 1 N–H and O–H groups in total. The molecular formula is C14H25NO2S. The van der Waals surface area contributed by atoms with Crippen LogP contribution in [0.15, 0.2) is 17.5 Å². The molecule has 1 rings (SSSR count). The van der Waals surface area contributed by atoms with Crippen LogP contribution in [0.1, 0.15) is 32.1 Å². The monoisotopic (exact) mass is 271 g/mol. The van der Waals surface area contributed by atoms with Crippen molar-refractivity contribution in [1.82, 2.24) is 5.32 Å². The molecule has 0 radical (unpaired) electrons. The van der Waals surface area contributed by atoms with Gasteiger partial charge in [0.2, 0.25) is 0 Å². The minimum Gasteiger partial charge on any atom is -0.351 e. The Hall–Kier alpha value is -0.420. The molecule has 1 aromatic heterocycles. The molecule has 0 saturated carbocycles. The molecule has 1 atom stereocenters. The van der Waals surface area contributed by atoms with E-state index < -0.39 is 0 Å². The molecule has 1 heterocycles. The van der Waals surface area contributed by atoms with Gasteiger partial charge in [0.05, 0.1) is 6.04 Å². The number of likely N-dealkylation sites (N-methyl/N-ethyl adjacent to an activating group) is 1. The van der Waals surface area contributed by atoms with Crippen molar-refractivity contribution in [3.63, 3.8) is 0 Å². The predicted octanol–water partition coefficient (Wildman–Crippen LogP) is 3.06. The van der Waals surface area contributed by atoms with Crippen LogP contribution in [0.2, 0.25) is 0 Å². The maximum Gasteiger partial charge on any atom is 0.172 e. The van der Waals surface area contributed by atoms with Crippen LogP contribution in [-0.2, 0) is 15.9 Å². The second-order valence-electron chi connectivity index (χ2n) is 4.06. The summed E-state index contributed by atoms with van der Waals surface area (Å²) in [6.07, 6.45) is 1.98. The van der Waals surface area contributed by atoms with Gasteiger partial charge in [-0.25, -0.2) is 0 Å². The van der Waals surface area contributed by atoms with Gasteiger partial charge < -0.3 is 14.8 Å². The average molecular weight is 271 g/mol. The van der Waals surface area contributed by atoms with Crippen LogP contribution in [-0.4, -0.2) is 32.1 Å². The second-order valence-corrected chi connectivity index (χ2v) is 5.09. The number of hydrogen-bond donors (Lipinski definition) is 1. The first kappa shape index (κ1) is 15.6. The van der Waals surface area contributed by atoms with Gasteiger partial charge >= 0.3 is 0 Å². The minimum absolute atomic E-state index is 0.139. The molecule has 1 aromatic rings. The third kappa shape index (κ3) is 5.48. The average Bonchev–Trinajstić information content (AvgIpc) is 2.87. The lowest BCUT2D eigenvalue weighted by molar-refractivity contribution is -0.154. The quantitative estimate of drug-likeness (QED) is 0.663. The normalized spacial score (nSPS) is 13.1. The van der Waals surface area contributed by atoms with E-state index in [4.69, 9.17) is 9.47 Å². The van der Waals surface area contributed by atoms with Crippen molar-refractivity contribution in [2.24, 2.45) is 0 Å². The van der Waals surface area contributed by atoms with Crippen molar-refractivity contribution >= 4 is 11.3 Å². The Balaban J connectivity index is 2.49. The summed E-state index contributed by atoms with van der Waals surface area (Å²) in [5.74, 6) is 0. The number of aryl methyl sites for hydroxylation is 1. The molecule has 0 aliphatic rings. The van der Waals surface area contributed by atoms with Crippen molar-refractivity contribution in [3.05, 3.63) is 22.4 Å². The lowest BCUT2D eigenvalue weighted by Gasteiger charge is -2.27. The van der Waals surface area contributed by atoms with Crippen LogP contribution < -0.4 is 5.32 Å². The molecule has 0 bridgehead atoms. The first-order valence-electron chi connectivity index (χ1n) is 6.80. The van der Waals surface area contributed by atoms with Gasteiger partial charge in [-0.05, 0) is 44.7 Å². The largest absolute Gasteiger partial charge is 0.351 e. The highest BCUT2D eigenvalue weighted by atomic mass is 32.1. The topological polar surface area (TPSA) is 30.5 Å². The Morgan fingerprint density at radius 1 is 1.22 bits per heavy atom. The molecule has 0 saturated heterocycles. The van der Waals surface area contributed by atoms with Gasteiger partial charge in [-0.15, -0.1) is 11.3 Å². The molecule has 0 aromatic carbocycles. The summed E-state index contributed by atoms with van der Waals surface area (Å²) >= 11 is 1.81. The number of nitrogens with one attached hydrogen (secondary N) is 1. The van der Waals surface area contributed by atoms with Gasteiger partial charge in [-0.3, -0.25) is 0 Å². The maximum atomic E-state index is 5.69. The summed E-state index contributed by atoms with van der Waals surface area (Å²) in [7, 11) is 0. The van der Waals surface area contributed by atoms with Crippen molar-refractivity contribution in [1.29, 1.82) is 0 Å². The van der Waals surface area contributed by atoms with E-state index in [1.807, 2.05) is 25.2 Å². The van der Waals surface area contributed by atoms with E-state index in [9.17, 15) is 0 Å². The molecule has 3 nitrogen and oxygen atoms in total. The third-order valence-electron chi connectivity index (χ3n) is 2.74. The summed E-state index contributed by atoms with van der Waals surface area (Å²) in [4.78, 5) is 1.42. The summed E-state index contributed by atoms with van der Waals surface area (Å²) < 4.78 is 11.4. The van der Waals surface area contributed by atoms with E-state index in [0.717, 1.165) is 19.4 Å². The smallest absolute Gasteiger partial charge is 0.172 e. The Kier molecular flexibility index (Phi) is 8.25. The number of ether oxygens (including phenoxy) is 2. The van der Waals surface area contributed by atoms with Gasteiger partial charge in [-0.1, -0.05) is 13.0 Å². The minimum atomic E-state index is -0.139. The summed E-state index contributed by atoms with van der Waals surface area (Å²) in [6, 6.07) is 4.55. The zero-order chi connectivity index (χ0) is 13.2. The molecule has 0 aliphatic carbocycles. The van der Waals surface area contributed by atoms with Crippen molar-refractivity contribution in [2.45, 2.75) is 45.9 Å². The van der Waals surface area contributed by atoms with Crippen molar-refractivity contribution in [2.75, 3.05) is 19.8 Å². The molecule has 0 fully saturated rings. The van der Waals surface area contributed by atoms with Crippen molar-refractivity contribution in [3.8, 4) is 0 Å². The summed E-state index contributed by atoms with van der Waals surface area (Å²) in [5, 5.41) is 5.59. The fraction of sp³-hybridized carbons (Fsp3) is 0.714. The Labute approximate surface area is 114 Å². The van der Waals surface area contributed by atoms with Crippen LogP contribution in [0.4, 0.5) is 0 Å². The lowest BCUT2D eigenvalue weighted by Crippen LogP contribution is -2.43. The third-order valence-corrected chi connectivity index (χ3v) is 3.67. The number of thiophene rings is 1. The second kappa shape index (κ2) is 9.50. The van der Waals surface area contributed by atoms with Crippen molar-refractivity contribution < 1.29 is 9.47 Å². The van der Waals surface area contributed by atoms with Gasteiger partial charge in [0.25, 0.3) is 0 Å². The number of hydrogen-bond acceptors (Lipinski definition) is 4. The molecule has 104 valence electrons. The van der Waals surface area contributed by atoms with E-state index in [-0.39, 0.29) is 12.3 Å². The van der Waals surface area contributed by atoms with Crippen LogP contribution in [0.25, 0.3) is 0 Å². The zero-order valence-corrected chi connectivity index (χ0v) is 12.5. The Bertz CT molecular complexity index is 284. The highest BCUT2D eigenvalue weighted by molar-refractivity contribution is 7.09.